The third-order valence-electron chi connectivity index (χ3n) is 3.92. The zero-order chi connectivity index (χ0) is 16.1. The number of likely N-dealkylation sites (tertiary alicyclic amines) is 1. The molecule has 1 fully saturated rings. The van der Waals surface area contributed by atoms with Gasteiger partial charge < -0.3 is 4.98 Å². The average molecular weight is 348 g/mol. The van der Waals surface area contributed by atoms with Crippen molar-refractivity contribution in [2.45, 2.75) is 32.2 Å². The Labute approximate surface area is 144 Å². The van der Waals surface area contributed by atoms with Crippen molar-refractivity contribution in [1.82, 2.24) is 14.9 Å². The summed E-state index contributed by atoms with van der Waals surface area (Å²) in [5.41, 5.74) is 1.48. The molecule has 3 rings (SSSR count). The Morgan fingerprint density at radius 2 is 2.13 bits per heavy atom. The van der Waals surface area contributed by atoms with E-state index >= 15 is 0 Å². The van der Waals surface area contributed by atoms with Gasteiger partial charge in [0.25, 0.3) is 5.91 Å². The van der Waals surface area contributed by atoms with E-state index in [1.165, 1.54) is 37.0 Å². The Morgan fingerprint density at radius 1 is 1.35 bits per heavy atom. The Kier molecular flexibility index (Phi) is 5.53. The van der Waals surface area contributed by atoms with Crippen molar-refractivity contribution in [3.8, 4) is 0 Å². The highest BCUT2D eigenvalue weighted by Gasteiger charge is 2.13. The van der Waals surface area contributed by atoms with Crippen LogP contribution in [0.2, 0.25) is 0 Å². The largest absolute Gasteiger partial charge is 0.352 e. The fourth-order valence-electron chi connectivity index (χ4n) is 2.73. The van der Waals surface area contributed by atoms with Gasteiger partial charge in [-0.05, 0) is 38.1 Å². The smallest absolute Gasteiger partial charge is 0.260 e. The summed E-state index contributed by atoms with van der Waals surface area (Å²) in [6.45, 7) is 3.13. The number of aromatic nitrogens is 2. The summed E-state index contributed by atoms with van der Waals surface area (Å²) in [7, 11) is 0. The second-order valence-electron chi connectivity index (χ2n) is 5.70. The van der Waals surface area contributed by atoms with Gasteiger partial charge in [0.2, 0.25) is 0 Å². The molecule has 0 spiro atoms. The van der Waals surface area contributed by atoms with Gasteiger partial charge in [-0.2, -0.15) is 0 Å². The molecule has 0 unspecified atom stereocenters. The molecule has 2 N–H and O–H groups in total. The van der Waals surface area contributed by atoms with Crippen molar-refractivity contribution in [3.63, 3.8) is 0 Å². The SMILES string of the molecule is O=C(Nc1nc(CN2CCCCCC2)cs1)c1ccc[nH]c1=S. The van der Waals surface area contributed by atoms with Gasteiger partial charge in [0.05, 0.1) is 11.3 Å². The second-order valence-corrected chi connectivity index (χ2v) is 6.97. The van der Waals surface area contributed by atoms with Crippen LogP contribution in [0.1, 0.15) is 41.7 Å². The molecule has 0 aliphatic carbocycles. The van der Waals surface area contributed by atoms with E-state index in [1.54, 1.807) is 18.3 Å². The minimum atomic E-state index is -0.220. The number of thiazole rings is 1. The van der Waals surface area contributed by atoms with Crippen LogP contribution in [0.5, 0.6) is 0 Å². The van der Waals surface area contributed by atoms with Gasteiger partial charge >= 0.3 is 0 Å². The van der Waals surface area contributed by atoms with E-state index in [4.69, 9.17) is 12.2 Å². The predicted molar refractivity (Wildman–Crippen MR) is 95.4 cm³/mol. The lowest BCUT2D eigenvalue weighted by Crippen LogP contribution is -2.24. The van der Waals surface area contributed by atoms with E-state index in [9.17, 15) is 4.79 Å². The molecule has 1 aliphatic heterocycles. The maximum atomic E-state index is 12.2. The molecular formula is C16H20N4OS2. The summed E-state index contributed by atoms with van der Waals surface area (Å²) in [6.07, 6.45) is 6.89. The molecular weight excluding hydrogens is 328 g/mol. The van der Waals surface area contributed by atoms with Gasteiger partial charge in [-0.1, -0.05) is 25.1 Å². The number of aromatic amines is 1. The number of anilines is 1. The minimum Gasteiger partial charge on any atom is -0.352 e. The van der Waals surface area contributed by atoms with E-state index in [1.807, 2.05) is 5.38 Å². The first-order valence-electron chi connectivity index (χ1n) is 7.88. The van der Waals surface area contributed by atoms with Crippen LogP contribution in [0.4, 0.5) is 5.13 Å². The molecule has 3 heterocycles. The van der Waals surface area contributed by atoms with Crippen LogP contribution in [0, 0.1) is 4.64 Å². The Hall–Kier alpha value is -1.57. The molecule has 2 aromatic rings. The molecule has 0 aromatic carbocycles. The highest BCUT2D eigenvalue weighted by Crippen LogP contribution is 2.19. The quantitative estimate of drug-likeness (QED) is 0.825. The molecule has 0 saturated carbocycles. The minimum absolute atomic E-state index is 0.220. The van der Waals surface area contributed by atoms with E-state index in [0.717, 1.165) is 25.3 Å². The van der Waals surface area contributed by atoms with Crippen LogP contribution in [-0.2, 0) is 6.54 Å². The van der Waals surface area contributed by atoms with Gasteiger partial charge in [-0.15, -0.1) is 11.3 Å². The number of pyridine rings is 1. The molecule has 5 nitrogen and oxygen atoms in total. The maximum Gasteiger partial charge on any atom is 0.260 e. The van der Waals surface area contributed by atoms with Crippen LogP contribution < -0.4 is 5.32 Å². The second kappa shape index (κ2) is 7.81. The standard InChI is InChI=1S/C16H20N4OS2/c21-14(13-6-5-7-17-15(13)22)19-16-18-12(11-23-16)10-20-8-3-1-2-4-9-20/h5-7,11H,1-4,8-10H2,(H,17,22)(H,18,19,21). The lowest BCUT2D eigenvalue weighted by atomic mass is 10.2. The van der Waals surface area contributed by atoms with Gasteiger partial charge in [0.1, 0.15) is 4.64 Å². The number of rotatable bonds is 4. The first kappa shape index (κ1) is 16.3. The van der Waals surface area contributed by atoms with Crippen molar-refractivity contribution >= 4 is 34.6 Å². The molecule has 2 aromatic heterocycles. The van der Waals surface area contributed by atoms with E-state index in [0.29, 0.717) is 15.3 Å². The summed E-state index contributed by atoms with van der Waals surface area (Å²) in [5.74, 6) is -0.220. The molecule has 122 valence electrons. The van der Waals surface area contributed by atoms with Crippen LogP contribution in [0.15, 0.2) is 23.7 Å². The van der Waals surface area contributed by atoms with Gasteiger partial charge in [-0.3, -0.25) is 15.0 Å². The Morgan fingerprint density at radius 3 is 2.87 bits per heavy atom. The van der Waals surface area contributed by atoms with Gasteiger partial charge in [0.15, 0.2) is 5.13 Å². The number of carbonyl (C=O) groups excluding carboxylic acids is 1. The summed E-state index contributed by atoms with van der Waals surface area (Å²) in [6, 6.07) is 3.47. The zero-order valence-corrected chi connectivity index (χ0v) is 14.5. The first-order chi connectivity index (χ1) is 11.2. The number of amides is 1. The van der Waals surface area contributed by atoms with Crippen LogP contribution >= 0.6 is 23.6 Å². The normalized spacial score (nSPS) is 16.0. The van der Waals surface area contributed by atoms with Crippen LogP contribution in [0.25, 0.3) is 0 Å². The highest BCUT2D eigenvalue weighted by molar-refractivity contribution is 7.71. The molecule has 1 saturated heterocycles. The average Bonchev–Trinajstić information content (AvgIpc) is 2.81. The number of nitrogens with zero attached hydrogens (tertiary/aromatic N) is 2. The van der Waals surface area contributed by atoms with Gasteiger partial charge in [0, 0.05) is 18.1 Å². The van der Waals surface area contributed by atoms with Crippen molar-refractivity contribution in [3.05, 3.63) is 39.6 Å². The molecule has 7 heteroatoms. The number of H-pyrrole nitrogens is 1. The predicted octanol–water partition coefficient (Wildman–Crippen LogP) is 3.83. The first-order valence-corrected chi connectivity index (χ1v) is 9.17. The summed E-state index contributed by atoms with van der Waals surface area (Å²) in [5, 5.41) is 5.48. The molecule has 0 atom stereocenters. The fourth-order valence-corrected chi connectivity index (χ4v) is 3.65. The summed E-state index contributed by atoms with van der Waals surface area (Å²) in [4.78, 5) is 22.1. The molecule has 1 amide bonds. The zero-order valence-electron chi connectivity index (χ0n) is 12.9. The number of hydrogen-bond acceptors (Lipinski definition) is 5. The third kappa shape index (κ3) is 4.46. The molecule has 23 heavy (non-hydrogen) atoms. The van der Waals surface area contributed by atoms with Crippen molar-refractivity contribution in [1.29, 1.82) is 0 Å². The maximum absolute atomic E-state index is 12.2. The topological polar surface area (TPSA) is 61.0 Å². The Balaban J connectivity index is 1.62. The molecule has 0 radical (unpaired) electrons. The fraction of sp³-hybridized carbons (Fsp3) is 0.438. The van der Waals surface area contributed by atoms with Crippen LogP contribution in [0.3, 0.4) is 0 Å². The number of hydrogen-bond donors (Lipinski definition) is 2. The van der Waals surface area contributed by atoms with Gasteiger partial charge in [-0.25, -0.2) is 4.98 Å². The van der Waals surface area contributed by atoms with E-state index < -0.39 is 0 Å². The lowest BCUT2D eigenvalue weighted by molar-refractivity contribution is 0.102. The lowest BCUT2D eigenvalue weighted by Gasteiger charge is -2.17. The highest BCUT2D eigenvalue weighted by atomic mass is 32.1. The van der Waals surface area contributed by atoms with Crippen molar-refractivity contribution in [2.24, 2.45) is 0 Å². The monoisotopic (exact) mass is 348 g/mol. The number of nitrogens with one attached hydrogen (secondary N) is 2. The third-order valence-corrected chi connectivity index (χ3v) is 5.06. The molecule has 1 aliphatic rings. The van der Waals surface area contributed by atoms with E-state index in [-0.39, 0.29) is 5.91 Å². The molecule has 0 bridgehead atoms. The Bertz CT molecular complexity index is 717. The van der Waals surface area contributed by atoms with Crippen molar-refractivity contribution in [2.75, 3.05) is 18.4 Å². The summed E-state index contributed by atoms with van der Waals surface area (Å²) >= 11 is 6.59. The van der Waals surface area contributed by atoms with Crippen LogP contribution in [-0.4, -0.2) is 33.9 Å². The van der Waals surface area contributed by atoms with Crippen molar-refractivity contribution < 1.29 is 4.79 Å². The van der Waals surface area contributed by atoms with E-state index in [2.05, 4.69) is 20.2 Å². The number of carbonyl (C=O) groups is 1. The summed E-state index contributed by atoms with van der Waals surface area (Å²) < 4.78 is 0.436.